The third kappa shape index (κ3) is 5.35. The van der Waals surface area contributed by atoms with Gasteiger partial charge in [0.05, 0.1) is 36.1 Å². The highest BCUT2D eigenvalue weighted by Crippen LogP contribution is 2.38. The van der Waals surface area contributed by atoms with Gasteiger partial charge in [-0.2, -0.15) is 0 Å². The maximum Gasteiger partial charge on any atom is 0.338 e. The number of carbonyl (C=O) groups is 1. The fourth-order valence-electron chi connectivity index (χ4n) is 4.38. The number of thiazole rings is 1. The van der Waals surface area contributed by atoms with Crippen molar-refractivity contribution in [3.05, 3.63) is 83.5 Å². The number of aromatic nitrogens is 1. The van der Waals surface area contributed by atoms with E-state index in [-0.39, 0.29) is 23.5 Å². The predicted molar refractivity (Wildman–Crippen MR) is 147 cm³/mol. The summed E-state index contributed by atoms with van der Waals surface area (Å²) in [5, 5.41) is 10.5. The molecule has 1 aliphatic rings. The van der Waals surface area contributed by atoms with E-state index in [4.69, 9.17) is 30.8 Å². The van der Waals surface area contributed by atoms with Crippen molar-refractivity contribution in [1.29, 1.82) is 0 Å². The minimum absolute atomic E-state index is 0.0156. The molecule has 0 unspecified atom stereocenters. The van der Waals surface area contributed by atoms with Gasteiger partial charge in [-0.1, -0.05) is 42.3 Å². The molecular formula is C28H29ClN2O6S. The lowest BCUT2D eigenvalue weighted by atomic mass is 9.93. The molecule has 0 fully saturated rings. The number of halogens is 1. The van der Waals surface area contributed by atoms with E-state index in [0.29, 0.717) is 55.7 Å². The van der Waals surface area contributed by atoms with Crippen molar-refractivity contribution >= 4 is 35.0 Å². The van der Waals surface area contributed by atoms with Gasteiger partial charge in [0.2, 0.25) is 0 Å². The van der Waals surface area contributed by atoms with Gasteiger partial charge in [0.15, 0.2) is 16.3 Å². The molecule has 4 rings (SSSR count). The number of phenols is 1. The van der Waals surface area contributed by atoms with Crippen molar-refractivity contribution < 1.29 is 24.1 Å². The van der Waals surface area contributed by atoms with Crippen molar-refractivity contribution in [3.63, 3.8) is 0 Å². The summed E-state index contributed by atoms with van der Waals surface area (Å²) in [5.74, 6) is 0.279. The molecule has 10 heteroatoms. The number of nitrogens with zero attached hydrogens (tertiary/aromatic N) is 2. The minimum Gasteiger partial charge on any atom is -0.504 e. The Kier molecular flexibility index (Phi) is 8.58. The van der Waals surface area contributed by atoms with E-state index in [1.165, 1.54) is 29.1 Å². The van der Waals surface area contributed by atoms with Gasteiger partial charge in [0.25, 0.3) is 5.56 Å². The van der Waals surface area contributed by atoms with Gasteiger partial charge in [-0.15, -0.1) is 0 Å². The largest absolute Gasteiger partial charge is 0.504 e. The predicted octanol–water partition coefficient (Wildman–Crippen LogP) is 4.34. The number of phenolic OH excluding ortho intramolecular Hbond substituents is 1. The Morgan fingerprint density at radius 1 is 1.16 bits per heavy atom. The minimum atomic E-state index is -0.846. The Labute approximate surface area is 229 Å². The summed E-state index contributed by atoms with van der Waals surface area (Å²) in [6.45, 7) is 6.11. The second kappa shape index (κ2) is 11.9. The van der Waals surface area contributed by atoms with E-state index < -0.39 is 12.0 Å². The SMILES string of the molecule is CCCC1=C(C(=O)OCC)[C@H](c2cc(Cl)ccc2OC)n2c(s/c(=C/c3ccc(O)c(OCC)c3)c2=O)=N1. The molecule has 1 N–H and O–H groups in total. The van der Waals surface area contributed by atoms with E-state index in [0.717, 1.165) is 6.42 Å². The van der Waals surface area contributed by atoms with Gasteiger partial charge in [0.1, 0.15) is 11.8 Å². The molecule has 0 bridgehead atoms. The number of rotatable bonds is 9. The summed E-state index contributed by atoms with van der Waals surface area (Å²) in [6, 6.07) is 9.13. The molecule has 0 saturated carbocycles. The molecule has 38 heavy (non-hydrogen) atoms. The fourth-order valence-corrected chi connectivity index (χ4v) is 5.58. The van der Waals surface area contributed by atoms with E-state index in [1.807, 2.05) is 13.8 Å². The molecule has 0 aliphatic carbocycles. The van der Waals surface area contributed by atoms with E-state index in [9.17, 15) is 14.7 Å². The lowest BCUT2D eigenvalue weighted by Gasteiger charge is -2.27. The van der Waals surface area contributed by atoms with Crippen LogP contribution in [0.25, 0.3) is 6.08 Å². The van der Waals surface area contributed by atoms with Crippen LogP contribution in [0.1, 0.15) is 50.8 Å². The van der Waals surface area contributed by atoms with Gasteiger partial charge in [-0.05, 0) is 62.2 Å². The molecule has 1 aromatic heterocycles. The van der Waals surface area contributed by atoms with Crippen LogP contribution >= 0.6 is 22.9 Å². The van der Waals surface area contributed by atoms with Gasteiger partial charge >= 0.3 is 5.97 Å². The zero-order chi connectivity index (χ0) is 27.4. The van der Waals surface area contributed by atoms with Crippen LogP contribution in [-0.2, 0) is 9.53 Å². The quantitative estimate of drug-likeness (QED) is 0.394. The van der Waals surface area contributed by atoms with Crippen molar-refractivity contribution in [2.75, 3.05) is 20.3 Å². The molecule has 2 heterocycles. The molecule has 1 atom stereocenters. The van der Waals surface area contributed by atoms with Gasteiger partial charge in [-0.3, -0.25) is 9.36 Å². The number of carbonyl (C=O) groups excluding carboxylic acids is 1. The summed E-state index contributed by atoms with van der Waals surface area (Å²) < 4.78 is 18.4. The molecule has 0 radical (unpaired) electrons. The normalized spacial score (nSPS) is 15.2. The Balaban J connectivity index is 2.01. The Bertz CT molecular complexity index is 1570. The number of fused-ring (bicyclic) bond motifs is 1. The average Bonchev–Trinajstić information content (AvgIpc) is 3.20. The monoisotopic (exact) mass is 556 g/mol. The zero-order valence-corrected chi connectivity index (χ0v) is 23.2. The molecule has 8 nitrogen and oxygen atoms in total. The van der Waals surface area contributed by atoms with Crippen molar-refractivity contribution in [2.45, 2.75) is 39.7 Å². The first-order valence-electron chi connectivity index (χ1n) is 12.3. The molecule has 2 aromatic carbocycles. The molecule has 1 aliphatic heterocycles. The van der Waals surface area contributed by atoms with Crippen molar-refractivity contribution in [2.24, 2.45) is 4.99 Å². The molecule has 0 saturated heterocycles. The standard InChI is InChI=1S/C28H29ClN2O6S/c1-5-8-19-24(27(34)37-7-3)25(18-15-17(29)10-12-21(18)35-4)31-26(33)23(38-28(31)30-19)14-16-9-11-20(32)22(13-16)36-6-2/h9-15,25,32H,5-8H2,1-4H3/b23-14+/t25-/m0/s1. The summed E-state index contributed by atoms with van der Waals surface area (Å²) in [6.07, 6.45) is 2.98. The maximum absolute atomic E-state index is 13.9. The lowest BCUT2D eigenvalue weighted by molar-refractivity contribution is -0.139. The highest BCUT2D eigenvalue weighted by Gasteiger charge is 2.36. The molecule has 0 amide bonds. The number of ether oxygens (including phenoxy) is 3. The number of hydrogen-bond acceptors (Lipinski definition) is 8. The van der Waals surface area contributed by atoms with Crippen molar-refractivity contribution in [1.82, 2.24) is 4.57 Å². The van der Waals surface area contributed by atoms with Gasteiger partial charge in [0, 0.05) is 10.6 Å². The number of aromatic hydroxyl groups is 1. The van der Waals surface area contributed by atoms with Crippen LogP contribution < -0.4 is 24.4 Å². The second-order valence-corrected chi connectivity index (χ2v) is 9.91. The average molecular weight is 557 g/mol. The summed E-state index contributed by atoms with van der Waals surface area (Å²) >= 11 is 7.60. The van der Waals surface area contributed by atoms with E-state index in [1.54, 1.807) is 43.3 Å². The Morgan fingerprint density at radius 3 is 2.63 bits per heavy atom. The molecule has 200 valence electrons. The second-order valence-electron chi connectivity index (χ2n) is 8.46. The number of methoxy groups -OCH3 is 1. The number of hydrogen-bond donors (Lipinski definition) is 1. The molecule has 3 aromatic rings. The smallest absolute Gasteiger partial charge is 0.338 e. The zero-order valence-electron chi connectivity index (χ0n) is 21.6. The van der Waals surface area contributed by atoms with Crippen LogP contribution in [0.15, 0.2) is 57.5 Å². The summed E-state index contributed by atoms with van der Waals surface area (Å²) in [4.78, 5) is 32.4. The highest BCUT2D eigenvalue weighted by atomic mass is 35.5. The van der Waals surface area contributed by atoms with Crippen LogP contribution in [0.3, 0.4) is 0 Å². The molecular weight excluding hydrogens is 528 g/mol. The highest BCUT2D eigenvalue weighted by molar-refractivity contribution is 7.07. The van der Waals surface area contributed by atoms with Gasteiger partial charge in [-0.25, -0.2) is 9.79 Å². The van der Waals surface area contributed by atoms with E-state index >= 15 is 0 Å². The molecule has 0 spiro atoms. The summed E-state index contributed by atoms with van der Waals surface area (Å²) in [5.41, 5.74) is 1.75. The van der Waals surface area contributed by atoms with Crippen LogP contribution in [0, 0.1) is 0 Å². The Hall–Kier alpha value is -3.56. The van der Waals surface area contributed by atoms with E-state index in [2.05, 4.69) is 0 Å². The van der Waals surface area contributed by atoms with Crippen molar-refractivity contribution in [3.8, 4) is 17.2 Å². The van der Waals surface area contributed by atoms with Crippen LogP contribution in [0.5, 0.6) is 17.2 Å². The van der Waals surface area contributed by atoms with Gasteiger partial charge < -0.3 is 19.3 Å². The fraction of sp³-hybridized carbons (Fsp3) is 0.321. The topological polar surface area (TPSA) is 99.4 Å². The Morgan fingerprint density at radius 2 is 1.95 bits per heavy atom. The first-order valence-corrected chi connectivity index (χ1v) is 13.5. The van der Waals surface area contributed by atoms with Crippen LogP contribution in [0.4, 0.5) is 0 Å². The number of benzene rings is 2. The maximum atomic E-state index is 13.9. The third-order valence-corrected chi connectivity index (χ3v) is 7.18. The van der Waals surface area contributed by atoms with Crippen LogP contribution in [0.2, 0.25) is 5.02 Å². The lowest BCUT2D eigenvalue weighted by Crippen LogP contribution is -2.40. The number of esters is 1. The first kappa shape index (κ1) is 27.5. The summed E-state index contributed by atoms with van der Waals surface area (Å²) in [7, 11) is 1.53. The third-order valence-electron chi connectivity index (χ3n) is 5.96. The first-order chi connectivity index (χ1) is 18.3. The number of allylic oxidation sites excluding steroid dienone is 1. The van der Waals surface area contributed by atoms with Crippen LogP contribution in [-0.4, -0.2) is 36.0 Å².